The predicted molar refractivity (Wildman–Crippen MR) is 62.3 cm³/mol. The fraction of sp³-hybridized carbons (Fsp3) is 0.500. The van der Waals surface area contributed by atoms with Crippen molar-refractivity contribution in [1.29, 1.82) is 0 Å². The van der Waals surface area contributed by atoms with Crippen molar-refractivity contribution in [3.63, 3.8) is 0 Å². The number of nitrogens with two attached hydrogens (primary N) is 1. The van der Waals surface area contributed by atoms with Crippen LogP contribution in [0.2, 0.25) is 0 Å². The van der Waals surface area contributed by atoms with Crippen LogP contribution in [0.3, 0.4) is 0 Å². The molecule has 0 aromatic heterocycles. The molecule has 0 aliphatic carbocycles. The van der Waals surface area contributed by atoms with Gasteiger partial charge >= 0.3 is 0 Å². The summed E-state index contributed by atoms with van der Waals surface area (Å²) in [6.07, 6.45) is 1.22. The zero-order chi connectivity index (χ0) is 10.8. The van der Waals surface area contributed by atoms with Gasteiger partial charge in [-0.05, 0) is 43.6 Å². The van der Waals surface area contributed by atoms with Crippen LogP contribution in [0.1, 0.15) is 17.9 Å². The van der Waals surface area contributed by atoms with E-state index in [9.17, 15) is 0 Å². The third kappa shape index (κ3) is 2.07. The van der Waals surface area contributed by atoms with E-state index in [1.54, 1.807) is 7.11 Å². The van der Waals surface area contributed by atoms with E-state index in [0.717, 1.165) is 18.0 Å². The van der Waals surface area contributed by atoms with E-state index < -0.39 is 0 Å². The maximum absolute atomic E-state index is 5.90. The van der Waals surface area contributed by atoms with Crippen LogP contribution >= 0.6 is 0 Å². The van der Waals surface area contributed by atoms with E-state index in [2.05, 4.69) is 18.0 Å². The molecule has 1 unspecified atom stereocenters. The van der Waals surface area contributed by atoms with Crippen molar-refractivity contribution in [1.82, 2.24) is 4.90 Å². The van der Waals surface area contributed by atoms with Crippen molar-refractivity contribution in [2.75, 3.05) is 33.0 Å². The van der Waals surface area contributed by atoms with Crippen LogP contribution in [-0.4, -0.2) is 32.1 Å². The Labute approximate surface area is 90.8 Å². The first kappa shape index (κ1) is 10.3. The number of nitrogens with zero attached hydrogens (tertiary/aromatic N) is 1. The second-order valence-electron chi connectivity index (χ2n) is 4.25. The standard InChI is InChI=1S/C12H18N2O/c1-14-6-5-10(8-14)9-3-4-12(15-2)11(13)7-9/h3-4,7,10H,5-6,8,13H2,1-2H3. The number of rotatable bonds is 2. The first-order valence-corrected chi connectivity index (χ1v) is 5.32. The molecule has 0 spiro atoms. The molecule has 15 heavy (non-hydrogen) atoms. The van der Waals surface area contributed by atoms with Gasteiger partial charge in [-0.2, -0.15) is 0 Å². The molecule has 0 saturated carbocycles. The summed E-state index contributed by atoms with van der Waals surface area (Å²) in [5, 5.41) is 0. The van der Waals surface area contributed by atoms with Crippen LogP contribution in [0.5, 0.6) is 5.75 Å². The molecule has 1 aromatic rings. The van der Waals surface area contributed by atoms with E-state index in [1.807, 2.05) is 12.1 Å². The molecule has 3 nitrogen and oxygen atoms in total. The molecule has 1 aliphatic rings. The third-order valence-corrected chi connectivity index (χ3v) is 3.12. The Kier molecular flexibility index (Phi) is 2.82. The number of likely N-dealkylation sites (tertiary alicyclic amines) is 1. The Balaban J connectivity index is 2.19. The van der Waals surface area contributed by atoms with Crippen LogP contribution in [-0.2, 0) is 0 Å². The van der Waals surface area contributed by atoms with Gasteiger partial charge in [0, 0.05) is 6.54 Å². The molecule has 2 N–H and O–H groups in total. The highest BCUT2D eigenvalue weighted by Crippen LogP contribution is 2.30. The largest absolute Gasteiger partial charge is 0.495 e. The molecule has 2 rings (SSSR count). The van der Waals surface area contributed by atoms with Gasteiger partial charge in [-0.3, -0.25) is 0 Å². The van der Waals surface area contributed by atoms with Gasteiger partial charge in [-0.15, -0.1) is 0 Å². The average Bonchev–Trinajstić information content (AvgIpc) is 2.65. The van der Waals surface area contributed by atoms with Crippen LogP contribution in [0.25, 0.3) is 0 Å². The maximum atomic E-state index is 5.90. The van der Waals surface area contributed by atoms with E-state index >= 15 is 0 Å². The minimum Gasteiger partial charge on any atom is -0.495 e. The van der Waals surface area contributed by atoms with Crippen molar-refractivity contribution < 1.29 is 4.74 Å². The summed E-state index contributed by atoms with van der Waals surface area (Å²) >= 11 is 0. The Morgan fingerprint density at radius 1 is 1.47 bits per heavy atom. The van der Waals surface area contributed by atoms with Crippen LogP contribution in [0.4, 0.5) is 5.69 Å². The van der Waals surface area contributed by atoms with Crippen molar-refractivity contribution in [3.8, 4) is 5.75 Å². The second kappa shape index (κ2) is 4.11. The van der Waals surface area contributed by atoms with Crippen molar-refractivity contribution in [2.45, 2.75) is 12.3 Å². The molecule has 1 aromatic carbocycles. The molecular weight excluding hydrogens is 188 g/mol. The second-order valence-corrected chi connectivity index (χ2v) is 4.25. The molecular formula is C12H18N2O. The zero-order valence-electron chi connectivity index (χ0n) is 9.36. The molecule has 1 heterocycles. The minimum atomic E-state index is 0.628. The van der Waals surface area contributed by atoms with Gasteiger partial charge in [0.15, 0.2) is 0 Å². The van der Waals surface area contributed by atoms with Gasteiger partial charge in [-0.25, -0.2) is 0 Å². The molecule has 82 valence electrons. The first-order chi connectivity index (χ1) is 7.20. The van der Waals surface area contributed by atoms with Gasteiger partial charge in [0.25, 0.3) is 0 Å². The highest BCUT2D eigenvalue weighted by molar-refractivity contribution is 5.54. The molecule has 1 atom stereocenters. The van der Waals surface area contributed by atoms with Gasteiger partial charge in [0.2, 0.25) is 0 Å². The fourth-order valence-electron chi connectivity index (χ4n) is 2.21. The van der Waals surface area contributed by atoms with Gasteiger partial charge in [0.1, 0.15) is 5.75 Å². The summed E-state index contributed by atoms with van der Waals surface area (Å²) in [6.45, 7) is 2.31. The molecule has 1 aliphatic heterocycles. The lowest BCUT2D eigenvalue weighted by atomic mass is 9.98. The van der Waals surface area contributed by atoms with Crippen LogP contribution < -0.4 is 10.5 Å². The summed E-state index contributed by atoms with van der Waals surface area (Å²) < 4.78 is 5.15. The van der Waals surface area contributed by atoms with Crippen LogP contribution in [0.15, 0.2) is 18.2 Å². The number of methoxy groups -OCH3 is 1. The van der Waals surface area contributed by atoms with Crippen molar-refractivity contribution in [3.05, 3.63) is 23.8 Å². The topological polar surface area (TPSA) is 38.5 Å². The monoisotopic (exact) mass is 206 g/mol. The Hall–Kier alpha value is -1.22. The van der Waals surface area contributed by atoms with Gasteiger partial charge in [0.05, 0.1) is 12.8 Å². The van der Waals surface area contributed by atoms with Gasteiger partial charge < -0.3 is 15.4 Å². The SMILES string of the molecule is COc1ccc(C2CCN(C)C2)cc1N. The number of anilines is 1. The predicted octanol–water partition coefficient (Wildman–Crippen LogP) is 1.70. The Morgan fingerprint density at radius 2 is 2.27 bits per heavy atom. The molecule has 1 saturated heterocycles. The number of benzene rings is 1. The molecule has 0 bridgehead atoms. The lowest BCUT2D eigenvalue weighted by molar-refractivity contribution is 0.410. The van der Waals surface area contributed by atoms with Gasteiger partial charge in [-0.1, -0.05) is 6.07 Å². The summed E-state index contributed by atoms with van der Waals surface area (Å²) in [6, 6.07) is 6.13. The molecule has 3 heteroatoms. The lowest BCUT2D eigenvalue weighted by Crippen LogP contribution is -2.13. The number of hydrogen-bond acceptors (Lipinski definition) is 3. The summed E-state index contributed by atoms with van der Waals surface area (Å²) in [5.74, 6) is 1.40. The van der Waals surface area contributed by atoms with Crippen molar-refractivity contribution >= 4 is 5.69 Å². The highest BCUT2D eigenvalue weighted by atomic mass is 16.5. The van der Waals surface area contributed by atoms with E-state index in [0.29, 0.717) is 5.92 Å². The maximum Gasteiger partial charge on any atom is 0.141 e. The molecule has 1 fully saturated rings. The van der Waals surface area contributed by atoms with Crippen LogP contribution in [0, 0.1) is 0 Å². The smallest absolute Gasteiger partial charge is 0.141 e. The molecule has 0 amide bonds. The normalized spacial score (nSPS) is 21.9. The van der Waals surface area contributed by atoms with E-state index in [-0.39, 0.29) is 0 Å². The Morgan fingerprint density at radius 3 is 2.80 bits per heavy atom. The highest BCUT2D eigenvalue weighted by Gasteiger charge is 2.21. The molecule has 0 radical (unpaired) electrons. The lowest BCUT2D eigenvalue weighted by Gasteiger charge is -2.13. The summed E-state index contributed by atoms with van der Waals surface area (Å²) in [5.41, 5.74) is 7.97. The zero-order valence-corrected chi connectivity index (χ0v) is 9.36. The third-order valence-electron chi connectivity index (χ3n) is 3.12. The quantitative estimate of drug-likeness (QED) is 0.748. The average molecular weight is 206 g/mol. The summed E-state index contributed by atoms with van der Waals surface area (Å²) in [7, 11) is 3.81. The first-order valence-electron chi connectivity index (χ1n) is 5.32. The fourth-order valence-corrected chi connectivity index (χ4v) is 2.21. The summed E-state index contributed by atoms with van der Waals surface area (Å²) in [4.78, 5) is 2.35. The number of ether oxygens (including phenoxy) is 1. The number of hydrogen-bond donors (Lipinski definition) is 1. The number of nitrogen functional groups attached to an aromatic ring is 1. The van der Waals surface area contributed by atoms with E-state index in [1.165, 1.54) is 18.5 Å². The van der Waals surface area contributed by atoms with E-state index in [4.69, 9.17) is 10.5 Å². The minimum absolute atomic E-state index is 0.628. The van der Waals surface area contributed by atoms with Crippen molar-refractivity contribution in [2.24, 2.45) is 0 Å². The Bertz CT molecular complexity index is 351. The number of likely N-dealkylation sites (N-methyl/N-ethyl adjacent to an activating group) is 1.